The average molecular weight is 257 g/mol. The van der Waals surface area contributed by atoms with E-state index in [0.29, 0.717) is 13.1 Å². The van der Waals surface area contributed by atoms with Crippen LogP contribution in [0.4, 0.5) is 0 Å². The molecule has 0 heterocycles. The molecule has 0 aromatic heterocycles. The Hall–Kier alpha value is -1.06. The van der Waals surface area contributed by atoms with Crippen LogP contribution in [-0.2, 0) is 11.3 Å². The van der Waals surface area contributed by atoms with Crippen molar-refractivity contribution in [2.75, 3.05) is 13.6 Å². The van der Waals surface area contributed by atoms with Gasteiger partial charge in [-0.1, -0.05) is 36.8 Å². The molecule has 0 aliphatic heterocycles. The summed E-state index contributed by atoms with van der Waals surface area (Å²) in [4.78, 5) is 11.6. The normalized spacial score (nSPS) is 11.5. The van der Waals surface area contributed by atoms with Crippen molar-refractivity contribution in [1.29, 1.82) is 0 Å². The molecule has 1 rings (SSSR count). The number of aryl methyl sites for hydroxylation is 1. The highest BCUT2D eigenvalue weighted by Gasteiger charge is 2.10. The van der Waals surface area contributed by atoms with E-state index in [4.69, 9.17) is 0 Å². The summed E-state index contributed by atoms with van der Waals surface area (Å²) in [5.41, 5.74) is 2.37. The minimum atomic E-state index is 0. The molecule has 1 amide bonds. The van der Waals surface area contributed by atoms with Crippen molar-refractivity contribution in [1.82, 2.24) is 10.6 Å². The van der Waals surface area contributed by atoms with E-state index in [1.807, 2.05) is 26.1 Å². The third-order valence-corrected chi connectivity index (χ3v) is 2.55. The van der Waals surface area contributed by atoms with Gasteiger partial charge in [0.1, 0.15) is 0 Å². The third-order valence-electron chi connectivity index (χ3n) is 2.55. The number of rotatable bonds is 5. The van der Waals surface area contributed by atoms with E-state index in [2.05, 4.69) is 29.7 Å². The molecule has 2 N–H and O–H groups in total. The number of hydrogen-bond donors (Lipinski definition) is 2. The first-order valence-corrected chi connectivity index (χ1v) is 5.61. The second-order valence-corrected chi connectivity index (χ2v) is 4.16. The first-order chi connectivity index (χ1) is 7.63. The summed E-state index contributed by atoms with van der Waals surface area (Å²) in [5.74, 6) is 0.102. The zero-order chi connectivity index (χ0) is 12.0. The number of carbonyl (C=O) groups excluding carboxylic acids is 1. The van der Waals surface area contributed by atoms with Gasteiger partial charge in [-0.05, 0) is 19.5 Å². The van der Waals surface area contributed by atoms with Gasteiger partial charge in [-0.3, -0.25) is 4.79 Å². The molecule has 0 saturated carbocycles. The first-order valence-electron chi connectivity index (χ1n) is 5.61. The first kappa shape index (κ1) is 15.9. The van der Waals surface area contributed by atoms with Crippen LogP contribution in [-0.4, -0.2) is 19.5 Å². The molecule has 0 bridgehead atoms. The smallest absolute Gasteiger partial charge is 0.224 e. The highest BCUT2D eigenvalue weighted by Crippen LogP contribution is 2.03. The zero-order valence-electron chi connectivity index (χ0n) is 10.6. The highest BCUT2D eigenvalue weighted by atomic mass is 35.5. The lowest BCUT2D eigenvalue weighted by Crippen LogP contribution is -2.33. The summed E-state index contributed by atoms with van der Waals surface area (Å²) >= 11 is 0. The number of carbonyl (C=O) groups is 1. The predicted molar refractivity (Wildman–Crippen MR) is 73.4 cm³/mol. The number of halogens is 1. The van der Waals surface area contributed by atoms with Crippen LogP contribution in [0.3, 0.4) is 0 Å². The van der Waals surface area contributed by atoms with Crippen molar-refractivity contribution in [2.45, 2.75) is 20.4 Å². The van der Waals surface area contributed by atoms with Crippen LogP contribution in [0.25, 0.3) is 0 Å². The summed E-state index contributed by atoms with van der Waals surface area (Å²) < 4.78 is 0. The predicted octanol–water partition coefficient (Wildman–Crippen LogP) is 1.89. The summed E-state index contributed by atoms with van der Waals surface area (Å²) in [6, 6.07) is 8.19. The lowest BCUT2D eigenvalue weighted by Gasteiger charge is -2.11. The van der Waals surface area contributed by atoms with E-state index in [-0.39, 0.29) is 24.2 Å². The Kier molecular flexibility index (Phi) is 7.59. The van der Waals surface area contributed by atoms with Gasteiger partial charge < -0.3 is 10.6 Å². The van der Waals surface area contributed by atoms with Crippen molar-refractivity contribution in [3.05, 3.63) is 35.4 Å². The van der Waals surface area contributed by atoms with Gasteiger partial charge >= 0.3 is 0 Å². The minimum absolute atomic E-state index is 0. The Labute approximate surface area is 109 Å². The van der Waals surface area contributed by atoms with Gasteiger partial charge in [-0.2, -0.15) is 0 Å². The van der Waals surface area contributed by atoms with E-state index in [9.17, 15) is 4.79 Å². The van der Waals surface area contributed by atoms with Crippen LogP contribution in [0.1, 0.15) is 18.1 Å². The van der Waals surface area contributed by atoms with Crippen LogP contribution in [0, 0.1) is 12.8 Å². The molecule has 0 fully saturated rings. The van der Waals surface area contributed by atoms with E-state index in [1.165, 1.54) is 5.56 Å². The molecule has 1 unspecified atom stereocenters. The van der Waals surface area contributed by atoms with Gasteiger partial charge in [0, 0.05) is 19.0 Å². The molecule has 96 valence electrons. The van der Waals surface area contributed by atoms with Gasteiger partial charge in [0.05, 0.1) is 0 Å². The molecule has 4 heteroatoms. The van der Waals surface area contributed by atoms with Crippen molar-refractivity contribution >= 4 is 18.3 Å². The summed E-state index contributed by atoms with van der Waals surface area (Å²) in [6.07, 6.45) is 0. The molecule has 0 spiro atoms. The van der Waals surface area contributed by atoms with Gasteiger partial charge in [0.15, 0.2) is 0 Å². The molecule has 1 aromatic carbocycles. The number of benzene rings is 1. The maximum atomic E-state index is 11.6. The topological polar surface area (TPSA) is 41.1 Å². The molecule has 0 radical (unpaired) electrons. The molecule has 1 aromatic rings. The summed E-state index contributed by atoms with van der Waals surface area (Å²) in [7, 11) is 1.85. The van der Waals surface area contributed by atoms with E-state index < -0.39 is 0 Å². The fourth-order valence-electron chi connectivity index (χ4n) is 1.47. The second kappa shape index (κ2) is 8.09. The lowest BCUT2D eigenvalue weighted by atomic mass is 10.1. The Morgan fingerprint density at radius 1 is 1.29 bits per heavy atom. The average Bonchev–Trinajstić information content (AvgIpc) is 2.28. The second-order valence-electron chi connectivity index (χ2n) is 4.16. The maximum absolute atomic E-state index is 11.6. The van der Waals surface area contributed by atoms with Crippen LogP contribution < -0.4 is 10.6 Å². The van der Waals surface area contributed by atoms with Gasteiger partial charge in [0.25, 0.3) is 0 Å². The number of hydrogen-bond acceptors (Lipinski definition) is 2. The van der Waals surface area contributed by atoms with E-state index in [0.717, 1.165) is 5.56 Å². The zero-order valence-corrected chi connectivity index (χ0v) is 11.4. The van der Waals surface area contributed by atoms with Crippen molar-refractivity contribution < 1.29 is 4.79 Å². The molecular weight excluding hydrogens is 236 g/mol. The van der Waals surface area contributed by atoms with Crippen molar-refractivity contribution in [2.24, 2.45) is 5.92 Å². The number of nitrogens with one attached hydrogen (secondary N) is 2. The van der Waals surface area contributed by atoms with Gasteiger partial charge in [-0.25, -0.2) is 0 Å². The molecule has 3 nitrogen and oxygen atoms in total. The minimum Gasteiger partial charge on any atom is -0.352 e. The summed E-state index contributed by atoms with van der Waals surface area (Å²) in [6.45, 7) is 5.28. The lowest BCUT2D eigenvalue weighted by molar-refractivity contribution is -0.124. The van der Waals surface area contributed by atoms with E-state index >= 15 is 0 Å². The molecular formula is C13H21ClN2O. The molecule has 17 heavy (non-hydrogen) atoms. The standard InChI is InChI=1S/C13H20N2O.ClH/c1-10-4-6-12(7-5-10)9-15-13(16)11(2)8-14-3;/h4-7,11,14H,8-9H2,1-3H3,(H,15,16);1H. The van der Waals surface area contributed by atoms with Crippen LogP contribution in [0.5, 0.6) is 0 Å². The molecule has 0 aliphatic carbocycles. The quantitative estimate of drug-likeness (QED) is 0.845. The van der Waals surface area contributed by atoms with Crippen LogP contribution in [0.2, 0.25) is 0 Å². The molecule has 0 aliphatic rings. The van der Waals surface area contributed by atoms with Gasteiger partial charge in [0.2, 0.25) is 5.91 Å². The Balaban J connectivity index is 0.00000256. The molecule has 1 atom stereocenters. The Bertz CT molecular complexity index is 338. The Morgan fingerprint density at radius 2 is 1.88 bits per heavy atom. The van der Waals surface area contributed by atoms with Crippen molar-refractivity contribution in [3.63, 3.8) is 0 Å². The fraction of sp³-hybridized carbons (Fsp3) is 0.462. The Morgan fingerprint density at radius 3 is 2.41 bits per heavy atom. The number of amides is 1. The maximum Gasteiger partial charge on any atom is 0.224 e. The summed E-state index contributed by atoms with van der Waals surface area (Å²) in [5, 5.41) is 5.92. The fourth-order valence-corrected chi connectivity index (χ4v) is 1.47. The molecule has 0 saturated heterocycles. The van der Waals surface area contributed by atoms with Gasteiger partial charge in [-0.15, -0.1) is 12.4 Å². The SMILES string of the molecule is CNCC(C)C(=O)NCc1ccc(C)cc1.Cl. The highest BCUT2D eigenvalue weighted by molar-refractivity contribution is 5.85. The van der Waals surface area contributed by atoms with Crippen LogP contribution >= 0.6 is 12.4 Å². The largest absolute Gasteiger partial charge is 0.352 e. The monoisotopic (exact) mass is 256 g/mol. The third kappa shape index (κ3) is 5.71. The van der Waals surface area contributed by atoms with E-state index in [1.54, 1.807) is 0 Å². The van der Waals surface area contributed by atoms with Crippen LogP contribution in [0.15, 0.2) is 24.3 Å². The van der Waals surface area contributed by atoms with Crippen molar-refractivity contribution in [3.8, 4) is 0 Å².